The molecule has 0 aliphatic carbocycles. The zero-order valence-electron chi connectivity index (χ0n) is 10.5. The van der Waals surface area contributed by atoms with Crippen molar-refractivity contribution in [3.05, 3.63) is 0 Å². The second-order valence-corrected chi connectivity index (χ2v) is 5.68. The van der Waals surface area contributed by atoms with Gasteiger partial charge in [0.15, 0.2) is 0 Å². The second kappa shape index (κ2) is 5.48. The van der Waals surface area contributed by atoms with Crippen molar-refractivity contribution in [2.45, 2.75) is 32.6 Å². The topological polar surface area (TPSA) is 32.7 Å². The Morgan fingerprint density at radius 2 is 2.25 bits per heavy atom. The van der Waals surface area contributed by atoms with Crippen molar-refractivity contribution in [3.8, 4) is 0 Å². The van der Waals surface area contributed by atoms with Crippen molar-refractivity contribution >= 4 is 0 Å². The van der Waals surface area contributed by atoms with E-state index in [9.17, 15) is 5.11 Å². The van der Waals surface area contributed by atoms with E-state index in [4.69, 9.17) is 4.74 Å². The summed E-state index contributed by atoms with van der Waals surface area (Å²) in [5, 5.41) is 9.43. The summed E-state index contributed by atoms with van der Waals surface area (Å²) in [5.74, 6) is 0.885. The molecule has 0 radical (unpaired) electrons. The van der Waals surface area contributed by atoms with Gasteiger partial charge in [0.25, 0.3) is 0 Å². The number of piperidine rings is 1. The van der Waals surface area contributed by atoms with E-state index in [1.807, 2.05) is 0 Å². The van der Waals surface area contributed by atoms with Gasteiger partial charge in [-0.2, -0.15) is 0 Å². The highest BCUT2D eigenvalue weighted by Crippen LogP contribution is 2.30. The minimum atomic E-state index is 0.0636. The van der Waals surface area contributed by atoms with E-state index < -0.39 is 0 Å². The van der Waals surface area contributed by atoms with E-state index in [0.717, 1.165) is 25.7 Å². The summed E-state index contributed by atoms with van der Waals surface area (Å²) in [5.41, 5.74) is 0.0636. The molecule has 0 saturated carbocycles. The van der Waals surface area contributed by atoms with E-state index in [1.165, 1.54) is 38.8 Å². The van der Waals surface area contributed by atoms with E-state index in [1.54, 1.807) is 0 Å². The lowest BCUT2D eigenvalue weighted by Crippen LogP contribution is -2.54. The lowest BCUT2D eigenvalue weighted by atomic mass is 9.84. The first kappa shape index (κ1) is 12.3. The monoisotopic (exact) mass is 227 g/mol. The van der Waals surface area contributed by atoms with Crippen molar-refractivity contribution in [3.63, 3.8) is 0 Å². The Hall–Kier alpha value is -0.120. The minimum Gasteiger partial charge on any atom is -0.396 e. The number of rotatable bonds is 5. The number of aliphatic hydroxyl groups excluding tert-OH is 1. The predicted octanol–water partition coefficient (Wildman–Crippen LogP) is 1.51. The van der Waals surface area contributed by atoms with Gasteiger partial charge in [-0.3, -0.25) is 0 Å². The average molecular weight is 227 g/mol. The maximum atomic E-state index is 9.43. The second-order valence-electron chi connectivity index (χ2n) is 5.68. The van der Waals surface area contributed by atoms with Crippen LogP contribution in [-0.4, -0.2) is 49.5 Å². The zero-order chi connectivity index (χ0) is 11.4. The molecule has 0 bridgehead atoms. The third-order valence-corrected chi connectivity index (χ3v) is 4.01. The van der Waals surface area contributed by atoms with Crippen LogP contribution >= 0.6 is 0 Å². The van der Waals surface area contributed by atoms with Crippen LogP contribution in [0.5, 0.6) is 0 Å². The van der Waals surface area contributed by atoms with Gasteiger partial charge in [-0.1, -0.05) is 13.3 Å². The number of nitrogens with zero attached hydrogens (tertiary/aromatic N) is 1. The first-order valence-electron chi connectivity index (χ1n) is 6.69. The van der Waals surface area contributed by atoms with E-state index in [-0.39, 0.29) is 12.0 Å². The smallest absolute Gasteiger partial charge is 0.0579 e. The van der Waals surface area contributed by atoms with Gasteiger partial charge in [-0.05, 0) is 31.7 Å². The van der Waals surface area contributed by atoms with Crippen LogP contribution < -0.4 is 0 Å². The molecule has 16 heavy (non-hydrogen) atoms. The molecule has 0 spiro atoms. The van der Waals surface area contributed by atoms with Crippen LogP contribution in [0.3, 0.4) is 0 Å². The molecule has 94 valence electrons. The zero-order valence-corrected chi connectivity index (χ0v) is 10.5. The number of ether oxygens (including phenoxy) is 1. The maximum absolute atomic E-state index is 9.43. The number of likely N-dealkylation sites (tertiary alicyclic amines) is 1. The Bertz CT molecular complexity index is 208. The molecule has 2 heterocycles. The maximum Gasteiger partial charge on any atom is 0.0579 e. The minimum absolute atomic E-state index is 0.0636. The Morgan fingerprint density at radius 3 is 2.81 bits per heavy atom. The third kappa shape index (κ3) is 2.76. The number of hydrogen-bond donors (Lipinski definition) is 1. The normalized spacial score (nSPS) is 30.0. The third-order valence-electron chi connectivity index (χ3n) is 4.01. The van der Waals surface area contributed by atoms with E-state index in [0.29, 0.717) is 0 Å². The van der Waals surface area contributed by atoms with E-state index in [2.05, 4.69) is 11.8 Å². The molecule has 0 aromatic heterocycles. The van der Waals surface area contributed by atoms with Gasteiger partial charge in [0.1, 0.15) is 0 Å². The molecule has 0 aromatic carbocycles. The fraction of sp³-hybridized carbons (Fsp3) is 1.00. The Labute approximate surface area is 98.8 Å². The van der Waals surface area contributed by atoms with Crippen LogP contribution in [0, 0.1) is 11.3 Å². The lowest BCUT2D eigenvalue weighted by Gasteiger charge is -2.45. The Balaban J connectivity index is 1.80. The molecule has 2 saturated heterocycles. The Kier molecular flexibility index (Phi) is 4.22. The number of hydrogen-bond acceptors (Lipinski definition) is 3. The fourth-order valence-electron chi connectivity index (χ4n) is 3.04. The molecular weight excluding hydrogens is 202 g/mol. The van der Waals surface area contributed by atoms with Crippen molar-refractivity contribution in [1.29, 1.82) is 0 Å². The molecule has 2 aliphatic rings. The standard InChI is InChI=1S/C13H25NO2/c1-2-4-12-5-3-6-14(7-12)8-13(9-15)10-16-11-13/h12,15H,2-11H2,1H3. The summed E-state index contributed by atoms with van der Waals surface area (Å²) in [6.07, 6.45) is 5.38. The van der Waals surface area contributed by atoms with Crippen molar-refractivity contribution in [2.75, 3.05) is 39.5 Å². The molecule has 3 nitrogen and oxygen atoms in total. The van der Waals surface area contributed by atoms with Crippen molar-refractivity contribution < 1.29 is 9.84 Å². The molecule has 2 rings (SSSR count). The average Bonchev–Trinajstić information content (AvgIpc) is 2.25. The van der Waals surface area contributed by atoms with Crippen LogP contribution in [0.2, 0.25) is 0 Å². The van der Waals surface area contributed by atoms with Gasteiger partial charge < -0.3 is 14.7 Å². The van der Waals surface area contributed by atoms with Crippen LogP contribution in [-0.2, 0) is 4.74 Å². The SMILES string of the molecule is CCCC1CCCN(CC2(CO)COC2)C1. The van der Waals surface area contributed by atoms with Gasteiger partial charge in [0, 0.05) is 13.1 Å². The predicted molar refractivity (Wildman–Crippen MR) is 64.4 cm³/mol. The summed E-state index contributed by atoms with van der Waals surface area (Å²) >= 11 is 0. The first-order chi connectivity index (χ1) is 7.78. The lowest BCUT2D eigenvalue weighted by molar-refractivity contribution is -0.150. The van der Waals surface area contributed by atoms with Crippen molar-refractivity contribution in [2.24, 2.45) is 11.3 Å². The van der Waals surface area contributed by atoms with Gasteiger partial charge in [0.05, 0.1) is 25.2 Å². The van der Waals surface area contributed by atoms with Crippen LogP contribution in [0.1, 0.15) is 32.6 Å². The summed E-state index contributed by atoms with van der Waals surface area (Å²) in [6, 6.07) is 0. The molecule has 1 unspecified atom stereocenters. The fourth-order valence-corrected chi connectivity index (χ4v) is 3.04. The van der Waals surface area contributed by atoms with Crippen LogP contribution in [0.15, 0.2) is 0 Å². The number of aliphatic hydroxyl groups is 1. The highest BCUT2D eigenvalue weighted by atomic mass is 16.5. The highest BCUT2D eigenvalue weighted by Gasteiger charge is 2.40. The van der Waals surface area contributed by atoms with Crippen LogP contribution in [0.25, 0.3) is 0 Å². The van der Waals surface area contributed by atoms with Gasteiger partial charge in [-0.15, -0.1) is 0 Å². The van der Waals surface area contributed by atoms with Gasteiger partial charge in [0.2, 0.25) is 0 Å². The van der Waals surface area contributed by atoms with Gasteiger partial charge in [-0.25, -0.2) is 0 Å². The summed E-state index contributed by atoms with van der Waals surface area (Å²) in [6.45, 7) is 7.52. The molecule has 1 atom stereocenters. The Morgan fingerprint density at radius 1 is 1.44 bits per heavy atom. The molecule has 3 heteroatoms. The van der Waals surface area contributed by atoms with Crippen molar-refractivity contribution in [1.82, 2.24) is 4.90 Å². The van der Waals surface area contributed by atoms with Crippen LogP contribution in [0.4, 0.5) is 0 Å². The largest absolute Gasteiger partial charge is 0.396 e. The van der Waals surface area contributed by atoms with E-state index >= 15 is 0 Å². The molecule has 0 amide bonds. The highest BCUT2D eigenvalue weighted by molar-refractivity contribution is 4.89. The summed E-state index contributed by atoms with van der Waals surface area (Å²) in [7, 11) is 0. The molecule has 0 aromatic rings. The van der Waals surface area contributed by atoms with Gasteiger partial charge >= 0.3 is 0 Å². The first-order valence-corrected chi connectivity index (χ1v) is 6.69. The molecule has 2 aliphatic heterocycles. The molecule has 2 fully saturated rings. The molecule has 1 N–H and O–H groups in total. The summed E-state index contributed by atoms with van der Waals surface area (Å²) < 4.78 is 5.26. The summed E-state index contributed by atoms with van der Waals surface area (Å²) in [4.78, 5) is 2.54. The quantitative estimate of drug-likeness (QED) is 0.772. The molecular formula is C13H25NO2.